The maximum atomic E-state index is 12.3. The van der Waals surface area contributed by atoms with Gasteiger partial charge in [-0.15, -0.1) is 0 Å². The van der Waals surface area contributed by atoms with Gasteiger partial charge < -0.3 is 9.47 Å². The largest absolute Gasteiger partial charge is 0.460 e. The van der Waals surface area contributed by atoms with E-state index in [4.69, 9.17) is 9.47 Å². The van der Waals surface area contributed by atoms with Gasteiger partial charge in [0.25, 0.3) is 0 Å². The number of ether oxygens (including phenoxy) is 2. The van der Waals surface area contributed by atoms with Crippen LogP contribution >= 0.6 is 0 Å². The Balaban J connectivity index is 2.15. The Morgan fingerprint density at radius 1 is 1.30 bits per heavy atom. The predicted molar refractivity (Wildman–Crippen MR) is 87.7 cm³/mol. The molecule has 1 fully saturated rings. The molecule has 0 N–H and O–H groups in total. The van der Waals surface area contributed by atoms with E-state index in [-0.39, 0.29) is 24.4 Å². The van der Waals surface area contributed by atoms with Crippen LogP contribution in [0, 0.1) is 20.8 Å². The molecule has 23 heavy (non-hydrogen) atoms. The van der Waals surface area contributed by atoms with Crippen LogP contribution in [-0.2, 0) is 20.9 Å². The second-order valence-electron chi connectivity index (χ2n) is 6.22. The van der Waals surface area contributed by atoms with Crippen molar-refractivity contribution in [1.82, 2.24) is 4.90 Å². The average Bonchev–Trinajstić information content (AvgIpc) is 2.46. The summed E-state index contributed by atoms with van der Waals surface area (Å²) >= 11 is 0. The van der Waals surface area contributed by atoms with Crippen molar-refractivity contribution in [2.45, 2.75) is 40.3 Å². The lowest BCUT2D eigenvalue weighted by Crippen LogP contribution is -2.48. The van der Waals surface area contributed by atoms with Gasteiger partial charge in [-0.05, 0) is 57.0 Å². The van der Waals surface area contributed by atoms with E-state index in [0.29, 0.717) is 13.2 Å². The molecule has 5 heteroatoms. The highest BCUT2D eigenvalue weighted by molar-refractivity contribution is 5.97. The van der Waals surface area contributed by atoms with E-state index < -0.39 is 0 Å². The molecule has 0 bridgehead atoms. The molecule has 1 heterocycles. The summed E-state index contributed by atoms with van der Waals surface area (Å²) in [6.07, 6.45) is 0. The maximum absolute atomic E-state index is 12.3. The number of esters is 1. The highest BCUT2D eigenvalue weighted by Crippen LogP contribution is 2.24. The van der Waals surface area contributed by atoms with E-state index >= 15 is 0 Å². The summed E-state index contributed by atoms with van der Waals surface area (Å²) in [6, 6.07) is 1.62. The zero-order valence-corrected chi connectivity index (χ0v) is 14.6. The number of carbonyl (C=O) groups is 2. The molecule has 2 rings (SSSR count). The number of nitrogens with zero attached hydrogens (tertiary/aromatic N) is 1. The van der Waals surface area contributed by atoms with Crippen LogP contribution in [-0.4, -0.2) is 49.5 Å². The van der Waals surface area contributed by atoms with Crippen molar-refractivity contribution in [3.8, 4) is 0 Å². The molecule has 126 valence electrons. The molecule has 0 aromatic heterocycles. The number of morpholine rings is 1. The van der Waals surface area contributed by atoms with Crippen LogP contribution in [0.3, 0.4) is 0 Å². The fraction of sp³-hybridized carbons (Fsp3) is 0.556. The van der Waals surface area contributed by atoms with Gasteiger partial charge in [-0.1, -0.05) is 6.07 Å². The van der Waals surface area contributed by atoms with Gasteiger partial charge in [0.2, 0.25) is 0 Å². The summed E-state index contributed by atoms with van der Waals surface area (Å²) in [4.78, 5) is 26.1. The van der Waals surface area contributed by atoms with E-state index in [1.807, 2.05) is 38.8 Å². The third-order valence-electron chi connectivity index (χ3n) is 4.51. The number of ketones is 1. The molecular weight excluding hydrogens is 294 g/mol. The van der Waals surface area contributed by atoms with Gasteiger partial charge in [0.15, 0.2) is 5.78 Å². The number of aryl methyl sites for hydroxylation is 2. The SMILES string of the molecule is CC(=O)c1c(C)cc(C)c(COC(=O)[C@H]2COCCN2C)c1C. The minimum atomic E-state index is -0.359. The first-order valence-electron chi connectivity index (χ1n) is 7.88. The van der Waals surface area contributed by atoms with E-state index in [1.165, 1.54) is 0 Å². The minimum absolute atomic E-state index is 0.0352. The lowest BCUT2D eigenvalue weighted by Gasteiger charge is -2.30. The first kappa shape index (κ1) is 17.6. The molecule has 1 aromatic carbocycles. The van der Waals surface area contributed by atoms with Gasteiger partial charge in [0.05, 0.1) is 13.2 Å². The summed E-state index contributed by atoms with van der Waals surface area (Å²) in [7, 11) is 1.89. The van der Waals surface area contributed by atoms with Crippen LogP contribution in [0.2, 0.25) is 0 Å². The van der Waals surface area contributed by atoms with Crippen LogP contribution in [0.5, 0.6) is 0 Å². The van der Waals surface area contributed by atoms with Crippen molar-refractivity contribution in [3.05, 3.63) is 33.9 Å². The second-order valence-corrected chi connectivity index (χ2v) is 6.22. The molecule has 0 amide bonds. The monoisotopic (exact) mass is 319 g/mol. The Morgan fingerprint density at radius 2 is 2.00 bits per heavy atom. The number of hydrogen-bond acceptors (Lipinski definition) is 5. The smallest absolute Gasteiger partial charge is 0.326 e. The molecule has 0 saturated carbocycles. The Bertz CT molecular complexity index is 624. The quantitative estimate of drug-likeness (QED) is 0.629. The standard InChI is InChI=1S/C18H25NO4/c1-11-8-12(2)17(14(4)20)13(3)15(11)9-23-18(21)16-10-22-7-6-19(16)5/h8,16H,6-7,9-10H2,1-5H3/t16-/m1/s1. The molecule has 1 atom stereocenters. The van der Waals surface area contributed by atoms with Crippen LogP contribution in [0.1, 0.15) is 39.5 Å². The topological polar surface area (TPSA) is 55.8 Å². The third kappa shape index (κ3) is 3.79. The zero-order valence-electron chi connectivity index (χ0n) is 14.6. The molecule has 0 spiro atoms. The van der Waals surface area contributed by atoms with Crippen molar-refractivity contribution in [2.75, 3.05) is 26.8 Å². The predicted octanol–water partition coefficient (Wildman–Crippen LogP) is 2.19. The number of carbonyl (C=O) groups excluding carboxylic acids is 2. The Labute approximate surface area is 137 Å². The van der Waals surface area contributed by atoms with Crippen LogP contribution in [0.25, 0.3) is 0 Å². The van der Waals surface area contributed by atoms with Crippen molar-refractivity contribution in [1.29, 1.82) is 0 Å². The van der Waals surface area contributed by atoms with E-state index in [1.54, 1.807) is 6.92 Å². The minimum Gasteiger partial charge on any atom is -0.460 e. The lowest BCUT2D eigenvalue weighted by atomic mass is 9.92. The van der Waals surface area contributed by atoms with Crippen molar-refractivity contribution >= 4 is 11.8 Å². The molecule has 5 nitrogen and oxygen atoms in total. The molecule has 0 unspecified atom stereocenters. The number of hydrogen-bond donors (Lipinski definition) is 0. The molecule has 1 aromatic rings. The summed E-state index contributed by atoms with van der Waals surface area (Å²) in [5.74, 6) is -0.246. The summed E-state index contributed by atoms with van der Waals surface area (Å²) in [5, 5.41) is 0. The van der Waals surface area contributed by atoms with Gasteiger partial charge in [-0.3, -0.25) is 14.5 Å². The molecule has 1 aliphatic heterocycles. The van der Waals surface area contributed by atoms with Gasteiger partial charge >= 0.3 is 5.97 Å². The summed E-state index contributed by atoms with van der Waals surface area (Å²) in [6.45, 7) is 9.28. The van der Waals surface area contributed by atoms with Gasteiger partial charge in [0, 0.05) is 12.1 Å². The van der Waals surface area contributed by atoms with Crippen LogP contribution in [0.4, 0.5) is 0 Å². The highest BCUT2D eigenvalue weighted by Gasteiger charge is 2.28. The fourth-order valence-electron chi connectivity index (χ4n) is 3.16. The number of rotatable bonds is 4. The highest BCUT2D eigenvalue weighted by atomic mass is 16.5. The molecular formula is C18H25NO4. The molecule has 1 saturated heterocycles. The second kappa shape index (κ2) is 7.23. The van der Waals surface area contributed by atoms with Gasteiger partial charge in [0.1, 0.15) is 12.6 Å². The lowest BCUT2D eigenvalue weighted by molar-refractivity contribution is -0.156. The number of likely N-dealkylation sites (N-methyl/N-ethyl adjacent to an activating group) is 1. The number of benzene rings is 1. The van der Waals surface area contributed by atoms with Crippen molar-refractivity contribution < 1.29 is 19.1 Å². The first-order chi connectivity index (χ1) is 10.8. The van der Waals surface area contributed by atoms with E-state index in [9.17, 15) is 9.59 Å². The normalized spacial score (nSPS) is 18.7. The molecule has 0 radical (unpaired) electrons. The van der Waals surface area contributed by atoms with Crippen molar-refractivity contribution in [3.63, 3.8) is 0 Å². The van der Waals surface area contributed by atoms with E-state index in [0.717, 1.165) is 34.4 Å². The average molecular weight is 319 g/mol. The van der Waals surface area contributed by atoms with Gasteiger partial charge in [-0.2, -0.15) is 0 Å². The molecule has 0 aliphatic carbocycles. The first-order valence-corrected chi connectivity index (χ1v) is 7.88. The van der Waals surface area contributed by atoms with Crippen LogP contribution in [0.15, 0.2) is 6.07 Å². The Morgan fingerprint density at radius 3 is 2.61 bits per heavy atom. The Kier molecular flexibility index (Phi) is 5.55. The van der Waals surface area contributed by atoms with E-state index in [2.05, 4.69) is 0 Å². The zero-order chi connectivity index (χ0) is 17.1. The van der Waals surface area contributed by atoms with Gasteiger partial charge in [-0.25, -0.2) is 0 Å². The summed E-state index contributed by atoms with van der Waals surface area (Å²) in [5.41, 5.74) is 4.53. The number of Topliss-reactive ketones (excluding diaryl/α,β-unsaturated/α-hetero) is 1. The maximum Gasteiger partial charge on any atom is 0.326 e. The third-order valence-corrected chi connectivity index (χ3v) is 4.51. The molecule has 1 aliphatic rings. The summed E-state index contributed by atoms with van der Waals surface area (Å²) < 4.78 is 10.9. The fourth-order valence-corrected chi connectivity index (χ4v) is 3.16. The van der Waals surface area contributed by atoms with Crippen molar-refractivity contribution in [2.24, 2.45) is 0 Å². The van der Waals surface area contributed by atoms with Crippen LogP contribution < -0.4 is 0 Å². The Hall–Kier alpha value is -1.72.